The van der Waals surface area contributed by atoms with Gasteiger partial charge in [0.15, 0.2) is 0 Å². The molecule has 2 aromatic carbocycles. The standard InChI is InChI=1S/C27H31N5O3/c1-19-6-2-8-21(14-19)26-29-24(35-30-26)18-31-12-4-9-22(17-31)27(34)28-16-20-7-3-10-23(15-20)32-13-5-11-25(32)33/h2-3,6-8,10,14-15,22H,4-5,9,11-13,16-18H2,1H3,(H,28,34). The van der Waals surface area contributed by atoms with Gasteiger partial charge < -0.3 is 14.7 Å². The number of amides is 2. The van der Waals surface area contributed by atoms with Gasteiger partial charge in [-0.25, -0.2) is 0 Å². The average Bonchev–Trinajstić information content (AvgIpc) is 3.52. The summed E-state index contributed by atoms with van der Waals surface area (Å²) >= 11 is 0. The number of nitrogens with zero attached hydrogens (tertiary/aromatic N) is 4. The summed E-state index contributed by atoms with van der Waals surface area (Å²) in [7, 11) is 0. The first-order chi connectivity index (χ1) is 17.0. The van der Waals surface area contributed by atoms with Crippen molar-refractivity contribution in [2.45, 2.75) is 45.7 Å². The Morgan fingerprint density at radius 3 is 2.86 bits per heavy atom. The van der Waals surface area contributed by atoms with E-state index in [9.17, 15) is 9.59 Å². The summed E-state index contributed by atoms with van der Waals surface area (Å²) in [5.74, 6) is 1.30. The molecule has 8 nitrogen and oxygen atoms in total. The fourth-order valence-corrected chi connectivity index (χ4v) is 4.91. The molecule has 2 aliphatic rings. The van der Waals surface area contributed by atoms with Crippen LogP contribution in [0.5, 0.6) is 0 Å². The van der Waals surface area contributed by atoms with E-state index in [1.807, 2.05) is 60.4 Å². The molecule has 2 saturated heterocycles. The number of benzene rings is 2. The number of likely N-dealkylation sites (tertiary alicyclic amines) is 1. The Bertz CT molecular complexity index is 1210. The Morgan fingerprint density at radius 1 is 1.14 bits per heavy atom. The number of carbonyl (C=O) groups is 2. The van der Waals surface area contributed by atoms with Gasteiger partial charge in [-0.05, 0) is 56.5 Å². The molecule has 35 heavy (non-hydrogen) atoms. The van der Waals surface area contributed by atoms with E-state index in [0.717, 1.165) is 54.7 Å². The van der Waals surface area contributed by atoms with Crippen molar-refractivity contribution in [1.82, 2.24) is 20.4 Å². The highest BCUT2D eigenvalue weighted by atomic mass is 16.5. The monoisotopic (exact) mass is 473 g/mol. The van der Waals surface area contributed by atoms with Gasteiger partial charge >= 0.3 is 0 Å². The van der Waals surface area contributed by atoms with E-state index in [1.54, 1.807) is 0 Å². The van der Waals surface area contributed by atoms with Gasteiger partial charge in [0, 0.05) is 37.3 Å². The molecule has 182 valence electrons. The second-order valence-corrected chi connectivity index (χ2v) is 9.49. The molecule has 0 radical (unpaired) electrons. The van der Waals surface area contributed by atoms with Crippen molar-refractivity contribution in [3.63, 3.8) is 0 Å². The summed E-state index contributed by atoms with van der Waals surface area (Å²) in [6, 6.07) is 15.9. The molecule has 8 heteroatoms. The topological polar surface area (TPSA) is 91.6 Å². The van der Waals surface area contributed by atoms with E-state index in [-0.39, 0.29) is 17.7 Å². The number of hydrogen-bond acceptors (Lipinski definition) is 6. The maximum absolute atomic E-state index is 12.9. The molecule has 1 unspecified atom stereocenters. The maximum atomic E-state index is 12.9. The van der Waals surface area contributed by atoms with Gasteiger partial charge in [-0.15, -0.1) is 0 Å². The second kappa shape index (κ2) is 10.4. The van der Waals surface area contributed by atoms with Crippen molar-refractivity contribution in [3.05, 3.63) is 65.5 Å². The van der Waals surface area contributed by atoms with E-state index in [1.165, 1.54) is 0 Å². The first-order valence-electron chi connectivity index (χ1n) is 12.3. The molecule has 0 aliphatic carbocycles. The van der Waals surface area contributed by atoms with Crippen LogP contribution in [0.3, 0.4) is 0 Å². The number of nitrogens with one attached hydrogen (secondary N) is 1. The molecule has 0 saturated carbocycles. The molecule has 2 aliphatic heterocycles. The van der Waals surface area contributed by atoms with Gasteiger partial charge in [0.1, 0.15) is 0 Å². The van der Waals surface area contributed by atoms with Gasteiger partial charge in [-0.3, -0.25) is 14.5 Å². The minimum atomic E-state index is -0.0775. The third kappa shape index (κ3) is 5.59. The van der Waals surface area contributed by atoms with Crippen molar-refractivity contribution in [2.24, 2.45) is 5.92 Å². The van der Waals surface area contributed by atoms with Crippen LogP contribution in [-0.2, 0) is 22.7 Å². The summed E-state index contributed by atoms with van der Waals surface area (Å²) in [6.45, 7) is 5.35. The lowest BCUT2D eigenvalue weighted by atomic mass is 9.97. The molecule has 1 N–H and O–H groups in total. The van der Waals surface area contributed by atoms with E-state index in [2.05, 4.69) is 20.4 Å². The molecule has 2 fully saturated rings. The Kier molecular flexibility index (Phi) is 6.90. The van der Waals surface area contributed by atoms with Crippen molar-refractivity contribution in [3.8, 4) is 11.4 Å². The minimum Gasteiger partial charge on any atom is -0.352 e. The van der Waals surface area contributed by atoms with Gasteiger partial charge in [-0.1, -0.05) is 41.1 Å². The normalized spacial score (nSPS) is 18.7. The molecule has 2 amide bonds. The van der Waals surface area contributed by atoms with Crippen LogP contribution in [0.15, 0.2) is 53.1 Å². The van der Waals surface area contributed by atoms with Crippen LogP contribution >= 0.6 is 0 Å². The average molecular weight is 474 g/mol. The van der Waals surface area contributed by atoms with Crippen molar-refractivity contribution < 1.29 is 14.1 Å². The fraction of sp³-hybridized carbons (Fsp3) is 0.407. The third-order valence-electron chi connectivity index (χ3n) is 6.74. The maximum Gasteiger partial charge on any atom is 0.241 e. The van der Waals surface area contributed by atoms with Gasteiger partial charge in [0.2, 0.25) is 23.5 Å². The Balaban J connectivity index is 1.15. The largest absolute Gasteiger partial charge is 0.352 e. The van der Waals surface area contributed by atoms with Crippen LogP contribution in [-0.4, -0.2) is 46.5 Å². The molecule has 3 heterocycles. The zero-order valence-corrected chi connectivity index (χ0v) is 20.1. The Labute approximate surface area is 205 Å². The molecule has 0 bridgehead atoms. The van der Waals surface area contributed by atoms with Crippen molar-refractivity contribution >= 4 is 17.5 Å². The minimum absolute atomic E-state index is 0.0586. The van der Waals surface area contributed by atoms with E-state index >= 15 is 0 Å². The number of aryl methyl sites for hydroxylation is 1. The summed E-state index contributed by atoms with van der Waals surface area (Å²) in [4.78, 5) is 33.6. The number of rotatable bonds is 7. The summed E-state index contributed by atoms with van der Waals surface area (Å²) in [6.07, 6.45) is 3.32. The van der Waals surface area contributed by atoms with E-state index < -0.39 is 0 Å². The van der Waals surface area contributed by atoms with Crippen LogP contribution < -0.4 is 10.2 Å². The van der Waals surface area contributed by atoms with Crippen LogP contribution in [0, 0.1) is 12.8 Å². The summed E-state index contributed by atoms with van der Waals surface area (Å²) in [5.41, 5.74) is 3.99. The van der Waals surface area contributed by atoms with Crippen LogP contribution in [0.2, 0.25) is 0 Å². The molecule has 1 aromatic heterocycles. The lowest BCUT2D eigenvalue weighted by Gasteiger charge is -2.30. The number of hydrogen-bond donors (Lipinski definition) is 1. The zero-order valence-electron chi connectivity index (χ0n) is 20.1. The third-order valence-corrected chi connectivity index (χ3v) is 6.74. The molecular formula is C27H31N5O3. The van der Waals surface area contributed by atoms with Crippen LogP contribution in [0.1, 0.15) is 42.7 Å². The van der Waals surface area contributed by atoms with Gasteiger partial charge in [0.05, 0.1) is 12.5 Å². The lowest BCUT2D eigenvalue weighted by Crippen LogP contribution is -2.42. The zero-order chi connectivity index (χ0) is 24.2. The smallest absolute Gasteiger partial charge is 0.241 e. The van der Waals surface area contributed by atoms with Gasteiger partial charge in [-0.2, -0.15) is 4.98 Å². The summed E-state index contributed by atoms with van der Waals surface area (Å²) in [5, 5.41) is 7.23. The Hall–Kier alpha value is -3.52. The number of carbonyl (C=O) groups excluding carboxylic acids is 2. The molecule has 3 aromatic rings. The van der Waals surface area contributed by atoms with E-state index in [4.69, 9.17) is 4.52 Å². The highest BCUT2D eigenvalue weighted by Gasteiger charge is 2.27. The molecule has 1 atom stereocenters. The van der Waals surface area contributed by atoms with Gasteiger partial charge in [0.25, 0.3) is 0 Å². The predicted molar refractivity (Wildman–Crippen MR) is 132 cm³/mol. The summed E-state index contributed by atoms with van der Waals surface area (Å²) < 4.78 is 5.49. The predicted octanol–water partition coefficient (Wildman–Crippen LogP) is 3.70. The molecule has 0 spiro atoms. The van der Waals surface area contributed by atoms with Crippen molar-refractivity contribution in [1.29, 1.82) is 0 Å². The Morgan fingerprint density at radius 2 is 2.03 bits per heavy atom. The fourth-order valence-electron chi connectivity index (χ4n) is 4.91. The first-order valence-corrected chi connectivity index (χ1v) is 12.3. The first kappa shape index (κ1) is 23.2. The van der Waals surface area contributed by atoms with E-state index in [0.29, 0.717) is 37.8 Å². The highest BCUT2D eigenvalue weighted by Crippen LogP contribution is 2.23. The number of piperidine rings is 1. The second-order valence-electron chi connectivity index (χ2n) is 9.49. The molecular weight excluding hydrogens is 442 g/mol. The quantitative estimate of drug-likeness (QED) is 0.563. The van der Waals surface area contributed by atoms with Crippen LogP contribution in [0.25, 0.3) is 11.4 Å². The highest BCUT2D eigenvalue weighted by molar-refractivity contribution is 5.95. The lowest BCUT2D eigenvalue weighted by molar-refractivity contribution is -0.127. The SMILES string of the molecule is Cc1cccc(-c2noc(CN3CCCC(C(=O)NCc4cccc(N5CCCC5=O)c4)C3)n2)c1. The number of anilines is 1. The van der Waals surface area contributed by atoms with Crippen molar-refractivity contribution in [2.75, 3.05) is 24.5 Å². The molecule has 5 rings (SSSR count). The number of aromatic nitrogens is 2. The van der Waals surface area contributed by atoms with Crippen LogP contribution in [0.4, 0.5) is 5.69 Å².